The van der Waals surface area contributed by atoms with E-state index in [2.05, 4.69) is 14.6 Å². The lowest BCUT2D eigenvalue weighted by Gasteiger charge is -1.76. The molecule has 1 N–H and O–H groups in total. The summed E-state index contributed by atoms with van der Waals surface area (Å²) in [7, 11) is 0. The summed E-state index contributed by atoms with van der Waals surface area (Å²) in [5.74, 6) is 0. The van der Waals surface area contributed by atoms with Crippen LogP contribution in [0.4, 0.5) is 0 Å². The van der Waals surface area contributed by atoms with Crippen LogP contribution < -0.4 is 0 Å². The van der Waals surface area contributed by atoms with Crippen LogP contribution >= 0.6 is 11.9 Å². The first-order valence-corrected chi connectivity index (χ1v) is 2.70. The zero-order valence-electron chi connectivity index (χ0n) is 3.87. The van der Waals surface area contributed by atoms with Crippen molar-refractivity contribution in [2.75, 3.05) is 0 Å². The molecule has 0 saturated carbocycles. The molecule has 0 aromatic carbocycles. The van der Waals surface area contributed by atoms with E-state index in [1.165, 1.54) is 0 Å². The lowest BCUT2D eigenvalue weighted by Crippen LogP contribution is -1.65. The van der Waals surface area contributed by atoms with Crippen molar-refractivity contribution >= 4 is 11.9 Å². The molecule has 0 amide bonds. The molecular formula is C3H3N3OS. The topological polar surface area (TPSA) is 58.1 Å². The second kappa shape index (κ2) is 2.46. The van der Waals surface area contributed by atoms with E-state index in [1.807, 2.05) is 0 Å². The van der Waals surface area contributed by atoms with Gasteiger partial charge in [-0.15, -0.1) is 4.91 Å². The van der Waals surface area contributed by atoms with Crippen molar-refractivity contribution in [3.8, 4) is 0 Å². The van der Waals surface area contributed by atoms with Crippen LogP contribution in [0, 0.1) is 4.91 Å². The van der Waals surface area contributed by atoms with Gasteiger partial charge in [-0.2, -0.15) is 0 Å². The van der Waals surface area contributed by atoms with Crippen LogP contribution in [0.2, 0.25) is 0 Å². The first-order valence-electron chi connectivity index (χ1n) is 1.92. The molecule has 4 nitrogen and oxygen atoms in total. The van der Waals surface area contributed by atoms with Gasteiger partial charge in [-0.05, 0) is 0 Å². The van der Waals surface area contributed by atoms with Gasteiger partial charge in [0.1, 0.15) is 0 Å². The van der Waals surface area contributed by atoms with Crippen molar-refractivity contribution < 1.29 is 0 Å². The Hall–Kier alpha value is -0.840. The predicted molar refractivity (Wildman–Crippen MR) is 30.2 cm³/mol. The molecule has 1 rings (SSSR count). The smallest absolute Gasteiger partial charge is 0.191 e. The first-order chi connectivity index (χ1) is 3.93. The van der Waals surface area contributed by atoms with Crippen LogP contribution in [-0.4, -0.2) is 9.97 Å². The molecule has 8 heavy (non-hydrogen) atoms. The van der Waals surface area contributed by atoms with Gasteiger partial charge in [-0.25, -0.2) is 4.98 Å². The van der Waals surface area contributed by atoms with Gasteiger partial charge in [0.25, 0.3) is 0 Å². The average molecular weight is 129 g/mol. The molecule has 0 spiro atoms. The van der Waals surface area contributed by atoms with E-state index in [4.69, 9.17) is 0 Å². The summed E-state index contributed by atoms with van der Waals surface area (Å²) in [5.41, 5.74) is 0. The Morgan fingerprint density at radius 3 is 3.25 bits per heavy atom. The quantitative estimate of drug-likeness (QED) is 0.482. The maximum absolute atomic E-state index is 9.53. The standard InChI is InChI=1S/C3H3N3OS/c7-6-8-3-4-1-2-5-3/h1-2H,(H,4,5). The van der Waals surface area contributed by atoms with Crippen molar-refractivity contribution in [1.82, 2.24) is 9.97 Å². The van der Waals surface area contributed by atoms with Crippen LogP contribution in [0.25, 0.3) is 0 Å². The van der Waals surface area contributed by atoms with Crippen LogP contribution in [0.5, 0.6) is 0 Å². The molecule has 0 atom stereocenters. The summed E-state index contributed by atoms with van der Waals surface area (Å²) in [4.78, 5) is 15.9. The second-order valence-electron chi connectivity index (χ2n) is 1.06. The van der Waals surface area contributed by atoms with Gasteiger partial charge < -0.3 is 4.98 Å². The highest BCUT2D eigenvalue weighted by Gasteiger charge is 1.90. The number of nitrogens with zero attached hydrogens (tertiary/aromatic N) is 2. The molecule has 0 saturated heterocycles. The number of rotatable bonds is 2. The summed E-state index contributed by atoms with van der Waals surface area (Å²) in [6, 6.07) is 0. The van der Waals surface area contributed by atoms with Crippen molar-refractivity contribution in [2.24, 2.45) is 4.58 Å². The molecule has 0 radical (unpaired) electrons. The number of nitroso groups, excluding NO2 is 1. The Kier molecular flexibility index (Phi) is 1.63. The van der Waals surface area contributed by atoms with E-state index < -0.39 is 0 Å². The monoisotopic (exact) mass is 129 g/mol. The Labute approximate surface area is 49.8 Å². The molecule has 1 aromatic rings. The normalized spacial score (nSPS) is 9.00. The number of hydrogen-bond acceptors (Lipinski definition) is 4. The molecule has 0 aliphatic heterocycles. The van der Waals surface area contributed by atoms with E-state index in [1.54, 1.807) is 12.4 Å². The fourth-order valence-corrected chi connectivity index (χ4v) is 0.635. The molecule has 0 bridgehead atoms. The fraction of sp³-hybridized carbons (Fsp3) is 0. The summed E-state index contributed by atoms with van der Waals surface area (Å²) in [6.07, 6.45) is 3.20. The highest BCUT2D eigenvalue weighted by atomic mass is 32.2. The summed E-state index contributed by atoms with van der Waals surface area (Å²) < 4.78 is 2.55. The van der Waals surface area contributed by atoms with Crippen molar-refractivity contribution in [2.45, 2.75) is 5.16 Å². The van der Waals surface area contributed by atoms with Gasteiger partial charge in [0.2, 0.25) is 0 Å². The van der Waals surface area contributed by atoms with Crippen LogP contribution in [0.1, 0.15) is 0 Å². The molecule has 42 valence electrons. The molecule has 0 aliphatic rings. The Bertz CT molecular complexity index is 161. The lowest BCUT2D eigenvalue weighted by molar-refractivity contribution is 1.06. The number of nitrogens with one attached hydrogen (secondary N) is 1. The zero-order chi connectivity index (χ0) is 5.82. The maximum Gasteiger partial charge on any atom is 0.191 e. The van der Waals surface area contributed by atoms with Crippen LogP contribution in [0.3, 0.4) is 0 Å². The third-order valence-corrected chi connectivity index (χ3v) is 1.07. The number of hydrogen-bond donors (Lipinski definition) is 1. The Morgan fingerprint density at radius 2 is 2.75 bits per heavy atom. The number of aromatic nitrogens is 2. The van der Waals surface area contributed by atoms with E-state index in [-0.39, 0.29) is 0 Å². The van der Waals surface area contributed by atoms with Crippen LogP contribution in [0.15, 0.2) is 22.1 Å². The molecular weight excluding hydrogens is 126 g/mol. The molecule has 5 heteroatoms. The number of imidazole rings is 1. The van der Waals surface area contributed by atoms with Gasteiger partial charge in [-0.1, -0.05) is 0 Å². The van der Waals surface area contributed by atoms with Crippen molar-refractivity contribution in [1.29, 1.82) is 0 Å². The zero-order valence-corrected chi connectivity index (χ0v) is 4.68. The van der Waals surface area contributed by atoms with Gasteiger partial charge in [-0.3, -0.25) is 0 Å². The lowest BCUT2D eigenvalue weighted by atomic mass is 11.0. The minimum atomic E-state index is 0.528. The van der Waals surface area contributed by atoms with Crippen molar-refractivity contribution in [3.05, 3.63) is 17.3 Å². The van der Waals surface area contributed by atoms with Crippen molar-refractivity contribution in [3.63, 3.8) is 0 Å². The first kappa shape index (κ1) is 5.30. The Balaban J connectivity index is 2.62. The van der Waals surface area contributed by atoms with Gasteiger partial charge in [0.05, 0.1) is 11.9 Å². The number of aromatic amines is 1. The second-order valence-corrected chi connectivity index (χ2v) is 1.78. The fourth-order valence-electron chi connectivity index (χ4n) is 0.336. The highest BCUT2D eigenvalue weighted by Crippen LogP contribution is 2.10. The minimum absolute atomic E-state index is 0.528. The van der Waals surface area contributed by atoms with E-state index >= 15 is 0 Å². The van der Waals surface area contributed by atoms with E-state index in [9.17, 15) is 4.91 Å². The molecule has 0 aliphatic carbocycles. The summed E-state index contributed by atoms with van der Waals surface area (Å²) in [5, 5.41) is 0.528. The molecule has 1 aromatic heterocycles. The average Bonchev–Trinajstić information content (AvgIpc) is 2.19. The molecule has 0 fully saturated rings. The SMILES string of the molecule is O=NSc1ncc[nH]1. The Morgan fingerprint density at radius 1 is 1.88 bits per heavy atom. The van der Waals surface area contributed by atoms with Gasteiger partial charge in [0, 0.05) is 17.0 Å². The van der Waals surface area contributed by atoms with E-state index in [0.717, 1.165) is 11.9 Å². The maximum atomic E-state index is 9.53. The third-order valence-electron chi connectivity index (χ3n) is 0.597. The van der Waals surface area contributed by atoms with Gasteiger partial charge >= 0.3 is 0 Å². The molecule has 0 unspecified atom stereocenters. The van der Waals surface area contributed by atoms with E-state index in [0.29, 0.717) is 5.16 Å². The minimum Gasteiger partial charge on any atom is -0.338 e. The summed E-state index contributed by atoms with van der Waals surface area (Å²) in [6.45, 7) is 0. The van der Waals surface area contributed by atoms with Crippen LogP contribution in [-0.2, 0) is 0 Å². The van der Waals surface area contributed by atoms with Gasteiger partial charge in [0.15, 0.2) is 5.16 Å². The number of H-pyrrole nitrogens is 1. The third kappa shape index (κ3) is 1.06. The summed E-state index contributed by atoms with van der Waals surface area (Å²) >= 11 is 0.785. The predicted octanol–water partition coefficient (Wildman–Crippen LogP) is 1.18. The molecule has 1 heterocycles. The largest absolute Gasteiger partial charge is 0.338 e. The highest BCUT2D eigenvalue weighted by molar-refractivity contribution is 7.97.